The van der Waals surface area contributed by atoms with Crippen LogP contribution in [0.1, 0.15) is 19.3 Å². The van der Waals surface area contributed by atoms with Crippen LogP contribution in [0, 0.1) is 0 Å². The molecular formula is C6H13N3O2. The van der Waals surface area contributed by atoms with Gasteiger partial charge in [-0.3, -0.25) is 0 Å². The lowest BCUT2D eigenvalue weighted by Crippen LogP contribution is -2.11. The molecule has 0 bridgehead atoms. The van der Waals surface area contributed by atoms with Crippen molar-refractivity contribution in [3.05, 3.63) is 10.4 Å². The Morgan fingerprint density at radius 2 is 2.18 bits per heavy atom. The minimum Gasteiger partial charge on any atom is -0.394 e. The van der Waals surface area contributed by atoms with E-state index in [1.54, 1.807) is 0 Å². The third-order valence-electron chi connectivity index (χ3n) is 1.32. The van der Waals surface area contributed by atoms with Gasteiger partial charge in [0.25, 0.3) is 0 Å². The predicted octanol–water partition coefficient (Wildman–Crippen LogP) is 0.820. The molecule has 1 atom stereocenters. The molecule has 5 heteroatoms. The van der Waals surface area contributed by atoms with Gasteiger partial charge in [-0.1, -0.05) is 11.5 Å². The second-order valence-electron chi connectivity index (χ2n) is 2.29. The topological polar surface area (TPSA) is 89.2 Å². The highest BCUT2D eigenvalue weighted by atomic mass is 16.3. The van der Waals surface area contributed by atoms with Crippen LogP contribution in [0.2, 0.25) is 0 Å². The fraction of sp³-hybridized carbons (Fsp3) is 1.00. The number of azide groups is 1. The van der Waals surface area contributed by atoms with Gasteiger partial charge in [-0.25, -0.2) is 0 Å². The molecule has 0 saturated heterocycles. The molecule has 2 N–H and O–H groups in total. The Bertz CT molecular complexity index is 134. The SMILES string of the molecule is [N-]=[N+]=NCCCC[C@@H](O)CO. The molecule has 0 aromatic rings. The summed E-state index contributed by atoms with van der Waals surface area (Å²) < 4.78 is 0. The van der Waals surface area contributed by atoms with Crippen LogP contribution >= 0.6 is 0 Å². The van der Waals surface area contributed by atoms with Crippen molar-refractivity contribution in [1.82, 2.24) is 0 Å². The third-order valence-corrected chi connectivity index (χ3v) is 1.32. The third kappa shape index (κ3) is 7.12. The van der Waals surface area contributed by atoms with Gasteiger partial charge in [-0.2, -0.15) is 0 Å². The van der Waals surface area contributed by atoms with Gasteiger partial charge in [0.2, 0.25) is 0 Å². The average molecular weight is 159 g/mol. The maximum absolute atomic E-state index is 8.86. The van der Waals surface area contributed by atoms with Crippen molar-refractivity contribution in [2.45, 2.75) is 25.4 Å². The van der Waals surface area contributed by atoms with Crippen LogP contribution < -0.4 is 0 Å². The number of unbranched alkanes of at least 4 members (excludes halogenated alkanes) is 1. The molecule has 11 heavy (non-hydrogen) atoms. The van der Waals surface area contributed by atoms with Crippen LogP contribution in [-0.4, -0.2) is 29.5 Å². The molecule has 0 heterocycles. The number of aliphatic hydroxyl groups excluding tert-OH is 2. The van der Waals surface area contributed by atoms with E-state index < -0.39 is 6.10 Å². The number of hydrogen-bond donors (Lipinski definition) is 2. The molecular weight excluding hydrogens is 146 g/mol. The summed E-state index contributed by atoms with van der Waals surface area (Å²) in [6.45, 7) is 0.274. The first-order chi connectivity index (χ1) is 5.31. The molecule has 0 aliphatic carbocycles. The van der Waals surface area contributed by atoms with Gasteiger partial charge in [-0.15, -0.1) is 0 Å². The summed E-state index contributed by atoms with van der Waals surface area (Å²) in [7, 11) is 0. The molecule has 0 aromatic carbocycles. The summed E-state index contributed by atoms with van der Waals surface area (Å²) in [6.07, 6.45) is 1.49. The van der Waals surface area contributed by atoms with Crippen molar-refractivity contribution < 1.29 is 10.2 Å². The minimum absolute atomic E-state index is 0.193. The van der Waals surface area contributed by atoms with E-state index in [0.29, 0.717) is 13.0 Å². The van der Waals surface area contributed by atoms with Gasteiger partial charge < -0.3 is 10.2 Å². The van der Waals surface area contributed by atoms with Crippen LogP contribution in [0.25, 0.3) is 10.4 Å². The smallest absolute Gasteiger partial charge is 0.0770 e. The van der Waals surface area contributed by atoms with Crippen LogP contribution in [-0.2, 0) is 0 Å². The quantitative estimate of drug-likeness (QED) is 0.260. The Kier molecular flexibility index (Phi) is 6.82. The summed E-state index contributed by atoms with van der Waals surface area (Å²) in [5.74, 6) is 0. The summed E-state index contributed by atoms with van der Waals surface area (Å²) in [4.78, 5) is 2.59. The second-order valence-corrected chi connectivity index (χ2v) is 2.29. The van der Waals surface area contributed by atoms with E-state index in [0.717, 1.165) is 12.8 Å². The first-order valence-corrected chi connectivity index (χ1v) is 3.61. The molecule has 64 valence electrons. The van der Waals surface area contributed by atoms with Crippen molar-refractivity contribution in [3.8, 4) is 0 Å². The normalized spacial score (nSPS) is 12.2. The summed E-state index contributed by atoms with van der Waals surface area (Å²) in [5, 5.41) is 20.6. The Morgan fingerprint density at radius 3 is 2.73 bits per heavy atom. The highest BCUT2D eigenvalue weighted by Crippen LogP contribution is 1.99. The van der Waals surface area contributed by atoms with E-state index in [-0.39, 0.29) is 6.61 Å². The van der Waals surface area contributed by atoms with Gasteiger partial charge in [0.15, 0.2) is 0 Å². The van der Waals surface area contributed by atoms with E-state index in [2.05, 4.69) is 10.0 Å². The number of nitrogens with zero attached hydrogens (tertiary/aromatic N) is 3. The maximum Gasteiger partial charge on any atom is 0.0770 e. The molecule has 0 aliphatic rings. The van der Waals surface area contributed by atoms with Crippen molar-refractivity contribution in [3.63, 3.8) is 0 Å². The molecule has 0 spiro atoms. The van der Waals surface area contributed by atoms with Gasteiger partial charge in [-0.05, 0) is 18.4 Å². The predicted molar refractivity (Wildman–Crippen MR) is 41.0 cm³/mol. The number of rotatable bonds is 6. The van der Waals surface area contributed by atoms with E-state index in [9.17, 15) is 0 Å². The number of hydrogen-bond acceptors (Lipinski definition) is 3. The fourth-order valence-electron chi connectivity index (χ4n) is 0.698. The molecule has 5 nitrogen and oxygen atoms in total. The van der Waals surface area contributed by atoms with Crippen LogP contribution in [0.5, 0.6) is 0 Å². The minimum atomic E-state index is -0.624. The molecule has 0 aromatic heterocycles. The molecule has 0 fully saturated rings. The molecule has 0 amide bonds. The van der Waals surface area contributed by atoms with Crippen LogP contribution in [0.4, 0.5) is 0 Å². The molecule has 0 rings (SSSR count). The molecule has 0 unspecified atom stereocenters. The van der Waals surface area contributed by atoms with Crippen LogP contribution in [0.15, 0.2) is 5.11 Å². The Balaban J connectivity index is 3.07. The van der Waals surface area contributed by atoms with Gasteiger partial charge in [0.05, 0.1) is 12.7 Å². The van der Waals surface area contributed by atoms with E-state index in [1.165, 1.54) is 0 Å². The van der Waals surface area contributed by atoms with Gasteiger partial charge in [0, 0.05) is 11.5 Å². The Morgan fingerprint density at radius 1 is 1.45 bits per heavy atom. The zero-order valence-electron chi connectivity index (χ0n) is 6.35. The van der Waals surface area contributed by atoms with Crippen molar-refractivity contribution in [2.75, 3.05) is 13.2 Å². The summed E-state index contributed by atoms with van der Waals surface area (Å²) in [5.41, 5.74) is 7.89. The maximum atomic E-state index is 8.86. The van der Waals surface area contributed by atoms with E-state index in [4.69, 9.17) is 15.7 Å². The first-order valence-electron chi connectivity index (χ1n) is 3.61. The molecule has 0 radical (unpaired) electrons. The lowest BCUT2D eigenvalue weighted by molar-refractivity contribution is 0.0863. The average Bonchev–Trinajstić information content (AvgIpc) is 2.04. The fourth-order valence-corrected chi connectivity index (χ4v) is 0.698. The first kappa shape index (κ1) is 10.2. The zero-order chi connectivity index (χ0) is 8.53. The standard InChI is InChI=1S/C6H13N3O2/c7-9-8-4-2-1-3-6(11)5-10/h6,10-11H,1-5H2/t6-/m1/s1. The van der Waals surface area contributed by atoms with Crippen LogP contribution in [0.3, 0.4) is 0 Å². The van der Waals surface area contributed by atoms with Gasteiger partial charge >= 0.3 is 0 Å². The summed E-state index contributed by atoms with van der Waals surface area (Å²) in [6, 6.07) is 0. The second kappa shape index (κ2) is 7.34. The highest BCUT2D eigenvalue weighted by molar-refractivity contribution is 4.54. The number of aliphatic hydroxyl groups is 2. The molecule has 0 saturated carbocycles. The van der Waals surface area contributed by atoms with E-state index in [1.807, 2.05) is 0 Å². The van der Waals surface area contributed by atoms with Crippen molar-refractivity contribution in [2.24, 2.45) is 5.11 Å². The summed E-state index contributed by atoms with van der Waals surface area (Å²) >= 11 is 0. The van der Waals surface area contributed by atoms with Crippen molar-refractivity contribution in [1.29, 1.82) is 0 Å². The highest BCUT2D eigenvalue weighted by Gasteiger charge is 1.99. The lowest BCUT2D eigenvalue weighted by atomic mass is 10.2. The van der Waals surface area contributed by atoms with Gasteiger partial charge in [0.1, 0.15) is 0 Å². The Labute approximate surface area is 65.3 Å². The van der Waals surface area contributed by atoms with E-state index >= 15 is 0 Å². The zero-order valence-corrected chi connectivity index (χ0v) is 6.35. The van der Waals surface area contributed by atoms with Crippen molar-refractivity contribution >= 4 is 0 Å². The lowest BCUT2D eigenvalue weighted by Gasteiger charge is -2.04. The molecule has 0 aliphatic heterocycles. The largest absolute Gasteiger partial charge is 0.394 e. The monoisotopic (exact) mass is 159 g/mol. The Hall–Kier alpha value is -0.770.